The maximum absolute atomic E-state index is 12.4. The molecule has 0 heterocycles. The molecule has 0 spiro atoms. The highest BCUT2D eigenvalue weighted by Gasteiger charge is 2.18. The standard InChI is InChI=1S/C16H12N2O8S/c19-14(9-15(20)16(21)22)10-3-1-4-11(7-10)17-27(25,26)13-6-2-5-12(8-13)18(23)24/h1-9,17,20H,(H,21,22)/b15-9+. The van der Waals surface area contributed by atoms with Gasteiger partial charge in [0.25, 0.3) is 15.7 Å². The van der Waals surface area contributed by atoms with Crippen LogP contribution in [-0.4, -0.2) is 35.3 Å². The van der Waals surface area contributed by atoms with Crippen molar-refractivity contribution < 1.29 is 33.1 Å². The molecule has 10 nitrogen and oxygen atoms in total. The van der Waals surface area contributed by atoms with Crippen LogP contribution < -0.4 is 4.72 Å². The summed E-state index contributed by atoms with van der Waals surface area (Å²) in [5.74, 6) is -3.71. The summed E-state index contributed by atoms with van der Waals surface area (Å²) >= 11 is 0. The van der Waals surface area contributed by atoms with Crippen LogP contribution in [0.25, 0.3) is 0 Å². The molecule has 27 heavy (non-hydrogen) atoms. The third-order valence-corrected chi connectivity index (χ3v) is 4.60. The van der Waals surface area contributed by atoms with Crippen molar-refractivity contribution in [3.05, 3.63) is 76.0 Å². The van der Waals surface area contributed by atoms with Gasteiger partial charge in [-0.05, 0) is 18.2 Å². The van der Waals surface area contributed by atoms with E-state index in [4.69, 9.17) is 10.2 Å². The number of hydrogen-bond donors (Lipinski definition) is 3. The summed E-state index contributed by atoms with van der Waals surface area (Å²) < 4.78 is 26.9. The number of ketones is 1. The molecule has 0 radical (unpaired) electrons. The normalized spacial score (nSPS) is 11.6. The van der Waals surface area contributed by atoms with Gasteiger partial charge in [-0.2, -0.15) is 0 Å². The van der Waals surface area contributed by atoms with E-state index in [0.29, 0.717) is 6.08 Å². The van der Waals surface area contributed by atoms with Gasteiger partial charge >= 0.3 is 5.97 Å². The number of aliphatic carboxylic acids is 1. The van der Waals surface area contributed by atoms with E-state index in [0.717, 1.165) is 24.3 Å². The molecule has 0 aromatic heterocycles. The molecule has 0 amide bonds. The lowest BCUT2D eigenvalue weighted by molar-refractivity contribution is -0.385. The molecule has 0 saturated carbocycles. The van der Waals surface area contributed by atoms with Crippen molar-refractivity contribution in [1.82, 2.24) is 0 Å². The number of aliphatic hydroxyl groups excluding tert-OH is 1. The number of nitrogens with one attached hydrogen (secondary N) is 1. The number of carboxylic acid groups (broad SMARTS) is 1. The third-order valence-electron chi connectivity index (χ3n) is 3.22. The Balaban J connectivity index is 2.31. The number of sulfonamides is 1. The molecule has 0 aliphatic heterocycles. The van der Waals surface area contributed by atoms with Gasteiger partial charge in [0, 0.05) is 29.5 Å². The monoisotopic (exact) mass is 392 g/mol. The molecule has 3 N–H and O–H groups in total. The summed E-state index contributed by atoms with van der Waals surface area (Å²) in [6.45, 7) is 0. The van der Waals surface area contributed by atoms with Gasteiger partial charge < -0.3 is 10.2 Å². The fraction of sp³-hybridized carbons (Fsp3) is 0. The van der Waals surface area contributed by atoms with Crippen molar-refractivity contribution in [3.8, 4) is 0 Å². The topological polar surface area (TPSA) is 164 Å². The number of benzene rings is 2. The maximum Gasteiger partial charge on any atom is 0.371 e. The van der Waals surface area contributed by atoms with E-state index in [9.17, 15) is 28.1 Å². The summed E-state index contributed by atoms with van der Waals surface area (Å²) in [5, 5.41) is 28.4. The van der Waals surface area contributed by atoms with Gasteiger partial charge in [-0.15, -0.1) is 0 Å². The molecule has 2 aromatic carbocycles. The smallest absolute Gasteiger partial charge is 0.371 e. The lowest BCUT2D eigenvalue weighted by Crippen LogP contribution is -2.13. The first-order valence-electron chi connectivity index (χ1n) is 7.16. The molecule has 11 heteroatoms. The Morgan fingerprint density at radius 1 is 1.07 bits per heavy atom. The average molecular weight is 392 g/mol. The number of hydrogen-bond acceptors (Lipinski definition) is 7. The van der Waals surface area contributed by atoms with Crippen LogP contribution in [0.5, 0.6) is 0 Å². The minimum Gasteiger partial charge on any atom is -0.502 e. The van der Waals surface area contributed by atoms with Crippen LogP contribution in [0.2, 0.25) is 0 Å². The number of rotatable bonds is 7. The first-order valence-corrected chi connectivity index (χ1v) is 8.64. The van der Waals surface area contributed by atoms with Gasteiger partial charge in [-0.25, -0.2) is 13.2 Å². The first kappa shape index (κ1) is 19.6. The van der Waals surface area contributed by atoms with Gasteiger partial charge in [0.05, 0.1) is 9.82 Å². The van der Waals surface area contributed by atoms with Gasteiger partial charge in [0.2, 0.25) is 5.76 Å². The Kier molecular flexibility index (Phi) is 5.56. The predicted molar refractivity (Wildman–Crippen MR) is 93.0 cm³/mol. The molecule has 140 valence electrons. The Morgan fingerprint density at radius 3 is 2.37 bits per heavy atom. The van der Waals surface area contributed by atoms with Crippen LogP contribution in [0.1, 0.15) is 10.4 Å². The highest BCUT2D eigenvalue weighted by molar-refractivity contribution is 7.92. The summed E-state index contributed by atoms with van der Waals surface area (Å²) in [6.07, 6.45) is 0.483. The van der Waals surface area contributed by atoms with E-state index in [-0.39, 0.29) is 16.1 Å². The Bertz CT molecular complexity index is 1060. The van der Waals surface area contributed by atoms with Gasteiger partial charge in [0.15, 0.2) is 5.78 Å². The van der Waals surface area contributed by atoms with Crippen molar-refractivity contribution in [1.29, 1.82) is 0 Å². The molecular weight excluding hydrogens is 380 g/mol. The lowest BCUT2D eigenvalue weighted by atomic mass is 10.1. The number of anilines is 1. The van der Waals surface area contributed by atoms with E-state index in [1.807, 2.05) is 0 Å². The second kappa shape index (κ2) is 7.66. The molecule has 0 saturated heterocycles. The molecule has 0 aliphatic rings. The molecular formula is C16H12N2O8S. The van der Waals surface area contributed by atoms with Crippen molar-refractivity contribution >= 4 is 33.2 Å². The molecule has 0 aliphatic carbocycles. The number of nitro benzene ring substituents is 1. The van der Waals surface area contributed by atoms with E-state index in [2.05, 4.69) is 4.72 Å². The van der Waals surface area contributed by atoms with Crippen molar-refractivity contribution in [2.45, 2.75) is 4.90 Å². The Labute approximate surface area is 152 Å². The Hall–Kier alpha value is -3.73. The molecule has 0 unspecified atom stereocenters. The second-order valence-electron chi connectivity index (χ2n) is 5.14. The van der Waals surface area contributed by atoms with Crippen LogP contribution in [0.15, 0.2) is 65.3 Å². The zero-order valence-corrected chi connectivity index (χ0v) is 14.2. The zero-order chi connectivity index (χ0) is 20.2. The second-order valence-corrected chi connectivity index (χ2v) is 6.82. The number of carbonyl (C=O) groups is 2. The summed E-state index contributed by atoms with van der Waals surface area (Å²) in [6, 6.07) is 9.48. The summed E-state index contributed by atoms with van der Waals surface area (Å²) in [5.41, 5.74) is -0.520. The summed E-state index contributed by atoms with van der Waals surface area (Å²) in [7, 11) is -4.17. The highest BCUT2D eigenvalue weighted by Crippen LogP contribution is 2.21. The van der Waals surface area contributed by atoms with Crippen molar-refractivity contribution in [3.63, 3.8) is 0 Å². The highest BCUT2D eigenvalue weighted by atomic mass is 32.2. The number of aliphatic hydroxyl groups is 1. The number of nitro groups is 1. The zero-order valence-electron chi connectivity index (χ0n) is 13.4. The van der Waals surface area contributed by atoms with E-state index >= 15 is 0 Å². The van der Waals surface area contributed by atoms with E-state index in [1.165, 1.54) is 24.3 Å². The fourth-order valence-electron chi connectivity index (χ4n) is 1.98. The SMILES string of the molecule is O=C(O)/C(O)=C\C(=O)c1cccc(NS(=O)(=O)c2cccc([N+](=O)[O-])c2)c1. The quantitative estimate of drug-likeness (QED) is 0.212. The summed E-state index contributed by atoms with van der Waals surface area (Å²) in [4.78, 5) is 32.2. The molecule has 0 atom stereocenters. The minimum absolute atomic E-state index is 0.0319. The predicted octanol–water partition coefficient (Wildman–Crippen LogP) is 2.10. The van der Waals surface area contributed by atoms with Gasteiger partial charge in [-0.1, -0.05) is 18.2 Å². The van der Waals surface area contributed by atoms with E-state index in [1.54, 1.807) is 0 Å². The maximum atomic E-state index is 12.4. The number of allylic oxidation sites excluding steroid dienone is 1. The third kappa shape index (κ3) is 4.89. The number of nitrogens with zero attached hydrogens (tertiary/aromatic N) is 1. The van der Waals surface area contributed by atoms with Crippen LogP contribution in [0.4, 0.5) is 11.4 Å². The first-order chi connectivity index (χ1) is 12.6. The van der Waals surface area contributed by atoms with Gasteiger partial charge in [-0.3, -0.25) is 19.6 Å². The van der Waals surface area contributed by atoms with Crippen molar-refractivity contribution in [2.75, 3.05) is 4.72 Å². The van der Waals surface area contributed by atoms with E-state index < -0.39 is 38.1 Å². The van der Waals surface area contributed by atoms with Gasteiger partial charge in [0.1, 0.15) is 0 Å². The van der Waals surface area contributed by atoms with Crippen LogP contribution in [-0.2, 0) is 14.8 Å². The molecule has 2 rings (SSSR count). The lowest BCUT2D eigenvalue weighted by Gasteiger charge is -2.09. The molecule has 2 aromatic rings. The molecule has 0 fully saturated rings. The Morgan fingerprint density at radius 2 is 1.74 bits per heavy atom. The van der Waals surface area contributed by atoms with Crippen LogP contribution >= 0.6 is 0 Å². The van der Waals surface area contributed by atoms with Crippen molar-refractivity contribution in [2.24, 2.45) is 0 Å². The number of carboxylic acids is 1. The largest absolute Gasteiger partial charge is 0.502 e. The number of carbonyl (C=O) groups excluding carboxylic acids is 1. The van der Waals surface area contributed by atoms with Crippen LogP contribution in [0.3, 0.4) is 0 Å². The fourth-order valence-corrected chi connectivity index (χ4v) is 3.07. The average Bonchev–Trinajstić information content (AvgIpc) is 2.61. The van der Waals surface area contributed by atoms with Crippen LogP contribution in [0, 0.1) is 10.1 Å². The minimum atomic E-state index is -4.17. The molecule has 0 bridgehead atoms. The number of non-ortho nitro benzene ring substituents is 1.